The summed E-state index contributed by atoms with van der Waals surface area (Å²) >= 11 is 0. The monoisotopic (exact) mass is 286 g/mol. The number of rotatable bonds is 5. The Balaban J connectivity index is 2.08. The Kier molecular flexibility index (Phi) is 4.52. The van der Waals surface area contributed by atoms with E-state index in [0.717, 1.165) is 17.7 Å². The molecule has 2 rings (SSSR count). The normalized spacial score (nSPS) is 17.2. The Morgan fingerprint density at radius 1 is 1.48 bits per heavy atom. The third-order valence-corrected chi connectivity index (χ3v) is 4.52. The number of para-hydroxylation sites is 1. The molecule has 112 valence electrons. The van der Waals surface area contributed by atoms with Crippen LogP contribution in [0.4, 0.5) is 0 Å². The number of nitriles is 1. The van der Waals surface area contributed by atoms with Gasteiger partial charge in [0.15, 0.2) is 0 Å². The van der Waals surface area contributed by atoms with E-state index >= 15 is 0 Å². The lowest BCUT2D eigenvalue weighted by Gasteiger charge is -2.39. The van der Waals surface area contributed by atoms with Crippen LogP contribution in [-0.2, 0) is 11.2 Å². The van der Waals surface area contributed by atoms with Crippen molar-refractivity contribution < 1.29 is 9.53 Å². The lowest BCUT2D eigenvalue weighted by molar-refractivity contribution is -0.143. The molecular weight excluding hydrogens is 264 g/mol. The summed E-state index contributed by atoms with van der Waals surface area (Å²) in [4.78, 5) is 14.3. The molecule has 1 fully saturated rings. The Morgan fingerprint density at radius 2 is 2.14 bits per heavy atom. The van der Waals surface area contributed by atoms with Crippen molar-refractivity contribution in [3.8, 4) is 11.8 Å². The molecule has 4 nitrogen and oxygen atoms in total. The van der Waals surface area contributed by atoms with Gasteiger partial charge in [0, 0.05) is 13.1 Å². The van der Waals surface area contributed by atoms with Crippen LogP contribution >= 0.6 is 0 Å². The van der Waals surface area contributed by atoms with Gasteiger partial charge < -0.3 is 9.64 Å². The van der Waals surface area contributed by atoms with Crippen LogP contribution in [0.3, 0.4) is 0 Å². The maximum absolute atomic E-state index is 12.5. The fourth-order valence-electron chi connectivity index (χ4n) is 2.77. The highest BCUT2D eigenvalue weighted by atomic mass is 16.5. The summed E-state index contributed by atoms with van der Waals surface area (Å²) in [7, 11) is 3.44. The van der Waals surface area contributed by atoms with Crippen LogP contribution in [0, 0.1) is 16.7 Å². The number of hydrogen-bond acceptors (Lipinski definition) is 3. The molecule has 0 heterocycles. The first kappa shape index (κ1) is 15.4. The van der Waals surface area contributed by atoms with Gasteiger partial charge in [-0.3, -0.25) is 4.79 Å². The molecule has 1 amide bonds. The van der Waals surface area contributed by atoms with Gasteiger partial charge in [-0.2, -0.15) is 5.26 Å². The average molecular weight is 286 g/mol. The van der Waals surface area contributed by atoms with E-state index in [1.165, 1.54) is 0 Å². The third kappa shape index (κ3) is 2.87. The highest BCUT2D eigenvalue weighted by molar-refractivity contribution is 5.86. The molecule has 1 aromatic rings. The Morgan fingerprint density at radius 3 is 2.67 bits per heavy atom. The Bertz CT molecular complexity index is 558. The zero-order chi connectivity index (χ0) is 15.5. The number of carbonyl (C=O) groups excluding carboxylic acids is 1. The molecule has 0 aromatic heterocycles. The predicted molar refractivity (Wildman–Crippen MR) is 80.8 cm³/mol. The van der Waals surface area contributed by atoms with E-state index in [9.17, 15) is 10.1 Å². The summed E-state index contributed by atoms with van der Waals surface area (Å²) in [6, 6.07) is 10.1. The number of hydrogen-bond donors (Lipinski definition) is 0. The second-order valence-corrected chi connectivity index (χ2v) is 5.83. The topological polar surface area (TPSA) is 53.3 Å². The summed E-state index contributed by atoms with van der Waals surface area (Å²) < 4.78 is 5.35. The van der Waals surface area contributed by atoms with E-state index < -0.39 is 5.41 Å². The van der Waals surface area contributed by atoms with E-state index in [4.69, 9.17) is 4.74 Å². The first-order valence-corrected chi connectivity index (χ1v) is 7.34. The number of carbonyl (C=O) groups is 1. The molecule has 21 heavy (non-hydrogen) atoms. The molecule has 0 radical (unpaired) electrons. The predicted octanol–water partition coefficient (Wildman–Crippen LogP) is 2.78. The van der Waals surface area contributed by atoms with Gasteiger partial charge in [0.2, 0.25) is 5.91 Å². The maximum atomic E-state index is 12.5. The first-order chi connectivity index (χ1) is 10.0. The van der Waals surface area contributed by atoms with Crippen molar-refractivity contribution in [2.75, 3.05) is 14.2 Å². The smallest absolute Gasteiger partial charge is 0.243 e. The number of likely N-dealkylation sites (N-methyl/N-ethyl adjacent to an activating group) is 1. The number of amides is 1. The molecule has 1 saturated carbocycles. The quantitative estimate of drug-likeness (QED) is 0.836. The fraction of sp³-hybridized carbons (Fsp3) is 0.529. The summed E-state index contributed by atoms with van der Waals surface area (Å²) in [5.74, 6) is 0.794. The van der Waals surface area contributed by atoms with Gasteiger partial charge in [-0.25, -0.2) is 0 Å². The number of ether oxygens (including phenoxy) is 1. The van der Waals surface area contributed by atoms with Crippen LogP contribution in [-0.4, -0.2) is 31.0 Å². The van der Waals surface area contributed by atoms with Crippen LogP contribution < -0.4 is 4.74 Å². The van der Waals surface area contributed by atoms with E-state index in [2.05, 4.69) is 6.07 Å². The minimum absolute atomic E-state index is 0.0274. The van der Waals surface area contributed by atoms with Crippen molar-refractivity contribution in [1.82, 2.24) is 4.90 Å². The molecule has 0 aliphatic heterocycles. The van der Waals surface area contributed by atoms with Crippen molar-refractivity contribution in [1.29, 1.82) is 5.26 Å². The minimum atomic E-state index is -0.774. The molecule has 0 saturated heterocycles. The SMILES string of the molecule is COc1ccccc1CC(C)N(C)C(=O)C1(C#N)CCC1. The van der Waals surface area contributed by atoms with E-state index in [1.807, 2.05) is 31.2 Å². The highest BCUT2D eigenvalue weighted by Gasteiger charge is 2.46. The third-order valence-electron chi connectivity index (χ3n) is 4.52. The molecule has 1 aliphatic rings. The standard InChI is InChI=1S/C17H22N2O2/c1-13(11-14-7-4-5-8-15(14)21-3)19(2)16(20)17(12-18)9-6-10-17/h4-5,7-8,13H,6,9-11H2,1-3H3. The molecule has 0 N–H and O–H groups in total. The lowest BCUT2D eigenvalue weighted by Crippen LogP contribution is -2.49. The molecule has 1 atom stereocenters. The largest absolute Gasteiger partial charge is 0.496 e. The highest BCUT2D eigenvalue weighted by Crippen LogP contribution is 2.42. The van der Waals surface area contributed by atoms with Gasteiger partial charge in [0.1, 0.15) is 11.2 Å². The molecule has 1 unspecified atom stereocenters. The van der Waals surface area contributed by atoms with Crippen LogP contribution in [0.5, 0.6) is 5.75 Å². The second kappa shape index (κ2) is 6.17. The van der Waals surface area contributed by atoms with Gasteiger partial charge in [0.25, 0.3) is 0 Å². The van der Waals surface area contributed by atoms with Crippen molar-refractivity contribution in [3.05, 3.63) is 29.8 Å². The molecule has 1 aromatic carbocycles. The average Bonchev–Trinajstić information content (AvgIpc) is 2.46. The molecule has 0 bridgehead atoms. The molecule has 4 heteroatoms. The number of nitrogens with zero attached hydrogens (tertiary/aromatic N) is 2. The van der Waals surface area contributed by atoms with Gasteiger partial charge >= 0.3 is 0 Å². The second-order valence-electron chi connectivity index (χ2n) is 5.83. The molecule has 0 spiro atoms. The summed E-state index contributed by atoms with van der Waals surface area (Å²) in [6.45, 7) is 2.01. The number of methoxy groups -OCH3 is 1. The van der Waals surface area contributed by atoms with Gasteiger partial charge in [-0.05, 0) is 44.2 Å². The van der Waals surface area contributed by atoms with Gasteiger partial charge in [-0.15, -0.1) is 0 Å². The summed E-state index contributed by atoms with van der Waals surface area (Å²) in [5.41, 5.74) is 0.302. The first-order valence-electron chi connectivity index (χ1n) is 7.34. The zero-order valence-corrected chi connectivity index (χ0v) is 12.9. The van der Waals surface area contributed by atoms with Crippen LogP contribution in [0.25, 0.3) is 0 Å². The minimum Gasteiger partial charge on any atom is -0.496 e. The van der Waals surface area contributed by atoms with Crippen LogP contribution in [0.1, 0.15) is 31.7 Å². The fourth-order valence-corrected chi connectivity index (χ4v) is 2.77. The maximum Gasteiger partial charge on any atom is 0.243 e. The zero-order valence-electron chi connectivity index (χ0n) is 12.9. The Labute approximate surface area is 126 Å². The van der Waals surface area contributed by atoms with E-state index in [0.29, 0.717) is 19.3 Å². The van der Waals surface area contributed by atoms with Crippen molar-refractivity contribution in [2.24, 2.45) is 5.41 Å². The van der Waals surface area contributed by atoms with Gasteiger partial charge in [0.05, 0.1) is 13.2 Å². The van der Waals surface area contributed by atoms with E-state index in [1.54, 1.807) is 19.1 Å². The van der Waals surface area contributed by atoms with Crippen molar-refractivity contribution in [2.45, 2.75) is 38.6 Å². The van der Waals surface area contributed by atoms with Gasteiger partial charge in [-0.1, -0.05) is 18.2 Å². The lowest BCUT2D eigenvalue weighted by atomic mass is 9.69. The summed E-state index contributed by atoms with van der Waals surface area (Å²) in [5, 5.41) is 9.29. The Hall–Kier alpha value is -2.02. The van der Waals surface area contributed by atoms with Crippen molar-refractivity contribution >= 4 is 5.91 Å². The molecule has 1 aliphatic carbocycles. The van der Waals surface area contributed by atoms with Crippen LogP contribution in [0.15, 0.2) is 24.3 Å². The van der Waals surface area contributed by atoms with E-state index in [-0.39, 0.29) is 11.9 Å². The van der Waals surface area contributed by atoms with Crippen molar-refractivity contribution in [3.63, 3.8) is 0 Å². The number of benzene rings is 1. The summed E-state index contributed by atoms with van der Waals surface area (Å²) in [6.07, 6.45) is 3.06. The van der Waals surface area contributed by atoms with Crippen LogP contribution in [0.2, 0.25) is 0 Å². The molecular formula is C17H22N2O2.